The van der Waals surface area contributed by atoms with Gasteiger partial charge in [-0.2, -0.15) is 0 Å². The third kappa shape index (κ3) is 5.58. The van der Waals surface area contributed by atoms with Gasteiger partial charge in [0, 0.05) is 32.2 Å². The third-order valence-corrected chi connectivity index (χ3v) is 2.74. The Labute approximate surface area is 89.2 Å². The molecular weight excluding hydrogens is 174 g/mol. The SMILES string of the molecule is CCN(CC)CCN(CCN)C(C)C. The summed E-state index contributed by atoms with van der Waals surface area (Å²) >= 11 is 0. The van der Waals surface area contributed by atoms with Crippen molar-refractivity contribution in [1.29, 1.82) is 0 Å². The van der Waals surface area contributed by atoms with Crippen LogP contribution in [0.2, 0.25) is 0 Å². The highest BCUT2D eigenvalue weighted by atomic mass is 15.2. The van der Waals surface area contributed by atoms with Crippen molar-refractivity contribution in [2.24, 2.45) is 5.73 Å². The molecule has 86 valence electrons. The number of rotatable bonds is 8. The summed E-state index contributed by atoms with van der Waals surface area (Å²) in [6, 6.07) is 0.606. The van der Waals surface area contributed by atoms with Gasteiger partial charge >= 0.3 is 0 Å². The number of hydrogen-bond donors (Lipinski definition) is 1. The van der Waals surface area contributed by atoms with E-state index in [0.717, 1.165) is 39.3 Å². The van der Waals surface area contributed by atoms with E-state index in [0.29, 0.717) is 6.04 Å². The molecule has 0 aliphatic carbocycles. The molecule has 0 atom stereocenters. The average Bonchev–Trinajstić information content (AvgIpc) is 2.17. The van der Waals surface area contributed by atoms with Gasteiger partial charge in [-0.05, 0) is 26.9 Å². The van der Waals surface area contributed by atoms with Crippen LogP contribution in [0.25, 0.3) is 0 Å². The van der Waals surface area contributed by atoms with Gasteiger partial charge in [0.1, 0.15) is 0 Å². The summed E-state index contributed by atoms with van der Waals surface area (Å²) in [6.07, 6.45) is 0. The Morgan fingerprint density at radius 2 is 1.57 bits per heavy atom. The molecule has 0 saturated carbocycles. The lowest BCUT2D eigenvalue weighted by Crippen LogP contribution is -2.41. The van der Waals surface area contributed by atoms with E-state index < -0.39 is 0 Å². The number of likely N-dealkylation sites (N-methyl/N-ethyl adjacent to an activating group) is 1. The first-order valence-corrected chi connectivity index (χ1v) is 5.82. The Hall–Kier alpha value is -0.120. The van der Waals surface area contributed by atoms with Crippen molar-refractivity contribution in [3.05, 3.63) is 0 Å². The van der Waals surface area contributed by atoms with Gasteiger partial charge < -0.3 is 10.6 Å². The third-order valence-electron chi connectivity index (χ3n) is 2.74. The molecule has 0 fully saturated rings. The second kappa shape index (κ2) is 8.21. The molecule has 0 aromatic rings. The maximum Gasteiger partial charge on any atom is 0.0113 e. The zero-order chi connectivity index (χ0) is 11.0. The van der Waals surface area contributed by atoms with Crippen LogP contribution in [-0.2, 0) is 0 Å². The van der Waals surface area contributed by atoms with Crippen LogP contribution in [0.1, 0.15) is 27.7 Å². The summed E-state index contributed by atoms with van der Waals surface area (Å²) in [7, 11) is 0. The molecule has 0 unspecified atom stereocenters. The summed E-state index contributed by atoms with van der Waals surface area (Å²) in [4.78, 5) is 4.89. The van der Waals surface area contributed by atoms with E-state index in [4.69, 9.17) is 5.73 Å². The van der Waals surface area contributed by atoms with Crippen molar-refractivity contribution in [2.75, 3.05) is 39.3 Å². The maximum absolute atomic E-state index is 5.58. The lowest BCUT2D eigenvalue weighted by molar-refractivity contribution is 0.186. The number of nitrogens with zero attached hydrogens (tertiary/aromatic N) is 2. The fourth-order valence-electron chi connectivity index (χ4n) is 1.60. The quantitative estimate of drug-likeness (QED) is 0.636. The van der Waals surface area contributed by atoms with Crippen LogP contribution in [0, 0.1) is 0 Å². The van der Waals surface area contributed by atoms with Gasteiger partial charge in [0.15, 0.2) is 0 Å². The first-order valence-electron chi connectivity index (χ1n) is 5.82. The molecular formula is C11H27N3. The number of nitrogens with two attached hydrogens (primary N) is 1. The molecule has 0 radical (unpaired) electrons. The molecule has 0 amide bonds. The fraction of sp³-hybridized carbons (Fsp3) is 1.00. The van der Waals surface area contributed by atoms with Crippen molar-refractivity contribution in [3.63, 3.8) is 0 Å². The Morgan fingerprint density at radius 3 is 1.93 bits per heavy atom. The molecule has 0 aliphatic heterocycles. The molecule has 14 heavy (non-hydrogen) atoms. The Bertz CT molecular complexity index is 122. The highest BCUT2D eigenvalue weighted by Crippen LogP contribution is 1.97. The predicted molar refractivity (Wildman–Crippen MR) is 63.6 cm³/mol. The zero-order valence-electron chi connectivity index (χ0n) is 10.3. The molecule has 0 aromatic carbocycles. The van der Waals surface area contributed by atoms with Gasteiger partial charge in [-0.25, -0.2) is 0 Å². The smallest absolute Gasteiger partial charge is 0.0113 e. The summed E-state index contributed by atoms with van der Waals surface area (Å²) in [5.74, 6) is 0. The standard InChI is InChI=1S/C11H27N3/c1-5-13(6-2)9-10-14(8-7-12)11(3)4/h11H,5-10,12H2,1-4H3. The molecule has 3 heteroatoms. The molecule has 0 bridgehead atoms. The highest BCUT2D eigenvalue weighted by Gasteiger charge is 2.09. The Morgan fingerprint density at radius 1 is 1.00 bits per heavy atom. The van der Waals surface area contributed by atoms with Gasteiger partial charge in [0.2, 0.25) is 0 Å². The second-order valence-corrected chi connectivity index (χ2v) is 3.95. The molecule has 0 rings (SSSR count). The van der Waals surface area contributed by atoms with E-state index in [2.05, 4.69) is 37.5 Å². The van der Waals surface area contributed by atoms with Gasteiger partial charge in [-0.3, -0.25) is 4.90 Å². The van der Waals surface area contributed by atoms with Gasteiger partial charge in [-0.1, -0.05) is 13.8 Å². The van der Waals surface area contributed by atoms with Crippen molar-refractivity contribution < 1.29 is 0 Å². The largest absolute Gasteiger partial charge is 0.329 e. The van der Waals surface area contributed by atoms with Crippen molar-refractivity contribution in [3.8, 4) is 0 Å². The molecule has 0 saturated heterocycles. The fourth-order valence-corrected chi connectivity index (χ4v) is 1.60. The molecule has 0 heterocycles. The van der Waals surface area contributed by atoms with Crippen LogP contribution in [-0.4, -0.2) is 55.1 Å². The Kier molecular flexibility index (Phi) is 8.14. The topological polar surface area (TPSA) is 32.5 Å². The molecule has 0 aliphatic rings. The van der Waals surface area contributed by atoms with Gasteiger partial charge in [-0.15, -0.1) is 0 Å². The summed E-state index contributed by atoms with van der Waals surface area (Å²) in [5.41, 5.74) is 5.58. The van der Waals surface area contributed by atoms with E-state index in [-0.39, 0.29) is 0 Å². The van der Waals surface area contributed by atoms with Crippen LogP contribution in [0.3, 0.4) is 0 Å². The molecule has 3 nitrogen and oxygen atoms in total. The van der Waals surface area contributed by atoms with Crippen LogP contribution in [0.15, 0.2) is 0 Å². The maximum atomic E-state index is 5.58. The summed E-state index contributed by atoms with van der Waals surface area (Å²) in [5, 5.41) is 0. The summed E-state index contributed by atoms with van der Waals surface area (Å²) < 4.78 is 0. The lowest BCUT2D eigenvalue weighted by atomic mass is 10.3. The minimum absolute atomic E-state index is 0.606. The van der Waals surface area contributed by atoms with E-state index in [1.807, 2.05) is 0 Å². The first kappa shape index (κ1) is 13.9. The lowest BCUT2D eigenvalue weighted by Gasteiger charge is -2.28. The van der Waals surface area contributed by atoms with Crippen molar-refractivity contribution in [1.82, 2.24) is 9.80 Å². The number of hydrogen-bond acceptors (Lipinski definition) is 3. The monoisotopic (exact) mass is 201 g/mol. The van der Waals surface area contributed by atoms with E-state index in [9.17, 15) is 0 Å². The average molecular weight is 201 g/mol. The van der Waals surface area contributed by atoms with E-state index >= 15 is 0 Å². The second-order valence-electron chi connectivity index (χ2n) is 3.95. The highest BCUT2D eigenvalue weighted by molar-refractivity contribution is 4.65. The minimum atomic E-state index is 0.606. The normalized spacial score (nSPS) is 12.0. The predicted octanol–water partition coefficient (Wildman–Crippen LogP) is 0.997. The van der Waals surface area contributed by atoms with E-state index in [1.54, 1.807) is 0 Å². The molecule has 0 aromatic heterocycles. The van der Waals surface area contributed by atoms with Gasteiger partial charge in [0.05, 0.1) is 0 Å². The van der Waals surface area contributed by atoms with Crippen LogP contribution in [0.5, 0.6) is 0 Å². The minimum Gasteiger partial charge on any atom is -0.329 e. The summed E-state index contributed by atoms with van der Waals surface area (Å²) in [6.45, 7) is 15.3. The van der Waals surface area contributed by atoms with Crippen LogP contribution >= 0.6 is 0 Å². The molecule has 2 N–H and O–H groups in total. The van der Waals surface area contributed by atoms with Crippen LogP contribution in [0.4, 0.5) is 0 Å². The van der Waals surface area contributed by atoms with Crippen LogP contribution < -0.4 is 5.73 Å². The van der Waals surface area contributed by atoms with Crippen molar-refractivity contribution in [2.45, 2.75) is 33.7 Å². The molecule has 0 spiro atoms. The van der Waals surface area contributed by atoms with Gasteiger partial charge in [0.25, 0.3) is 0 Å². The zero-order valence-corrected chi connectivity index (χ0v) is 10.3. The van der Waals surface area contributed by atoms with Crippen molar-refractivity contribution >= 4 is 0 Å². The Balaban J connectivity index is 3.79. The van der Waals surface area contributed by atoms with E-state index in [1.165, 1.54) is 0 Å². The first-order chi connectivity index (χ1) is 6.65.